The van der Waals surface area contributed by atoms with Crippen molar-refractivity contribution < 1.29 is 33.7 Å². The second-order valence-corrected chi connectivity index (χ2v) is 8.57. The van der Waals surface area contributed by atoms with Crippen LogP contribution >= 0.6 is 0 Å². The van der Waals surface area contributed by atoms with Gasteiger partial charge in [-0.25, -0.2) is 0 Å². The van der Waals surface area contributed by atoms with Crippen LogP contribution in [-0.2, 0) is 28.8 Å². The summed E-state index contributed by atoms with van der Waals surface area (Å²) in [7, 11) is 0. The number of piperidine rings is 1. The Morgan fingerprint density at radius 3 is 2.08 bits per heavy atom. The first-order chi connectivity index (χ1) is 16.7. The number of carbonyl (C=O) groups excluding carboxylic acids is 6. The van der Waals surface area contributed by atoms with Gasteiger partial charge in [-0.3, -0.25) is 43.8 Å². The molecule has 0 saturated carbocycles. The molecule has 14 nitrogen and oxygen atoms in total. The Morgan fingerprint density at radius 2 is 1.56 bits per heavy atom. The van der Waals surface area contributed by atoms with Gasteiger partial charge in [-0.05, 0) is 39.8 Å². The predicted octanol–water partition coefficient (Wildman–Crippen LogP) is -0.633. The van der Waals surface area contributed by atoms with E-state index in [1.807, 2.05) is 0 Å². The number of hydrogen-bond donors (Lipinski definition) is 4. The van der Waals surface area contributed by atoms with Crippen molar-refractivity contribution >= 4 is 46.7 Å². The number of rotatable bonds is 8. The van der Waals surface area contributed by atoms with Gasteiger partial charge >= 0.3 is 0 Å². The first-order valence-corrected chi connectivity index (χ1v) is 11.0. The molecule has 0 unspecified atom stereocenters. The Hall–Kier alpha value is -4.20. The number of ketones is 1. The molecule has 1 aliphatic rings. The van der Waals surface area contributed by atoms with Crippen LogP contribution in [-0.4, -0.2) is 68.8 Å². The molecule has 194 valence electrons. The van der Waals surface area contributed by atoms with E-state index in [0.29, 0.717) is 4.90 Å². The van der Waals surface area contributed by atoms with Gasteiger partial charge in [0.25, 0.3) is 17.5 Å². The summed E-state index contributed by atoms with van der Waals surface area (Å²) in [6.07, 6.45) is -0.597. The van der Waals surface area contributed by atoms with Crippen LogP contribution < -0.4 is 21.7 Å². The van der Waals surface area contributed by atoms with Gasteiger partial charge < -0.3 is 21.7 Å². The summed E-state index contributed by atoms with van der Waals surface area (Å²) in [5.74, 6) is -4.85. The van der Waals surface area contributed by atoms with Crippen LogP contribution in [0.25, 0.3) is 0 Å². The fourth-order valence-electron chi connectivity index (χ4n) is 3.44. The zero-order valence-electron chi connectivity index (χ0n) is 20.2. The summed E-state index contributed by atoms with van der Waals surface area (Å²) in [6, 6.07) is 1.48. The van der Waals surface area contributed by atoms with E-state index in [0.717, 1.165) is 19.1 Å². The lowest BCUT2D eigenvalue weighted by molar-refractivity contribution is -0.384. The van der Waals surface area contributed by atoms with Crippen LogP contribution in [0.4, 0.5) is 11.4 Å². The van der Waals surface area contributed by atoms with Gasteiger partial charge in [0.15, 0.2) is 11.3 Å². The molecule has 36 heavy (non-hydrogen) atoms. The van der Waals surface area contributed by atoms with Crippen molar-refractivity contribution in [2.24, 2.45) is 5.73 Å². The molecule has 0 aromatic heterocycles. The first kappa shape index (κ1) is 28.0. The topological polar surface area (TPSA) is 211 Å². The third-order valence-corrected chi connectivity index (χ3v) is 5.70. The number of nitrogens with two attached hydrogens (primary N) is 1. The van der Waals surface area contributed by atoms with Crippen LogP contribution in [0.1, 0.15) is 40.5 Å². The highest BCUT2D eigenvalue weighted by Gasteiger charge is 2.54. The number of imide groups is 1. The number of nitrogens with zero attached hydrogens (tertiary/aromatic N) is 2. The summed E-state index contributed by atoms with van der Waals surface area (Å²) in [5.41, 5.74) is 3.09. The molecule has 2 rings (SSSR count). The van der Waals surface area contributed by atoms with Crippen molar-refractivity contribution in [2.75, 3.05) is 5.32 Å². The molecular weight excluding hydrogens is 476 g/mol. The third-order valence-electron chi connectivity index (χ3n) is 5.70. The van der Waals surface area contributed by atoms with Gasteiger partial charge in [0.1, 0.15) is 12.1 Å². The molecule has 1 saturated heterocycles. The summed E-state index contributed by atoms with van der Waals surface area (Å²) in [4.78, 5) is 86.8. The molecular formula is C22H28N6O8. The molecule has 0 bridgehead atoms. The summed E-state index contributed by atoms with van der Waals surface area (Å²) in [5, 5.41) is 18.0. The Labute approximate surface area is 206 Å². The molecule has 1 aromatic carbocycles. The lowest BCUT2D eigenvalue weighted by Crippen LogP contribution is -2.68. The van der Waals surface area contributed by atoms with Gasteiger partial charge in [-0.1, -0.05) is 0 Å². The highest BCUT2D eigenvalue weighted by atomic mass is 16.6. The van der Waals surface area contributed by atoms with E-state index >= 15 is 0 Å². The Morgan fingerprint density at radius 1 is 1.00 bits per heavy atom. The van der Waals surface area contributed by atoms with Gasteiger partial charge in [0.05, 0.1) is 11.0 Å². The maximum absolute atomic E-state index is 13.2. The number of nitro groups is 1. The molecule has 1 aromatic rings. The van der Waals surface area contributed by atoms with Crippen LogP contribution in [0.5, 0.6) is 0 Å². The minimum absolute atomic E-state index is 0.102. The van der Waals surface area contributed by atoms with Crippen molar-refractivity contribution in [3.63, 3.8) is 0 Å². The number of carbonyl (C=O) groups is 6. The van der Waals surface area contributed by atoms with Crippen LogP contribution in [0, 0.1) is 10.1 Å². The minimum Gasteiger partial charge on any atom is -0.343 e. The van der Waals surface area contributed by atoms with Crippen molar-refractivity contribution in [3.05, 3.63) is 34.4 Å². The molecule has 0 radical (unpaired) electrons. The van der Waals surface area contributed by atoms with Gasteiger partial charge in [0, 0.05) is 30.7 Å². The van der Waals surface area contributed by atoms with Crippen molar-refractivity contribution in [1.82, 2.24) is 15.5 Å². The quantitative estimate of drug-likeness (QED) is 0.201. The van der Waals surface area contributed by atoms with E-state index in [1.165, 1.54) is 32.9 Å². The third kappa shape index (κ3) is 5.89. The number of nitro benzene ring substituents is 1. The van der Waals surface area contributed by atoms with Crippen molar-refractivity contribution in [1.29, 1.82) is 0 Å². The fraction of sp³-hybridized carbons (Fsp3) is 0.455. The number of amides is 5. The van der Waals surface area contributed by atoms with Crippen molar-refractivity contribution in [3.8, 4) is 0 Å². The molecule has 5 N–H and O–H groups in total. The number of Topliss-reactive ketones (excluding diaryl/α,β-unsaturated/α-hetero) is 1. The number of anilines is 1. The average Bonchev–Trinajstić information content (AvgIpc) is 2.81. The number of nitrogens with one attached hydrogen (secondary N) is 3. The van der Waals surface area contributed by atoms with Gasteiger partial charge in [0.2, 0.25) is 17.7 Å². The zero-order chi connectivity index (χ0) is 27.4. The highest BCUT2D eigenvalue weighted by molar-refractivity contribution is 6.22. The first-order valence-electron chi connectivity index (χ1n) is 11.0. The average molecular weight is 505 g/mol. The standard InChI is InChI=1S/C22H28N6O8/c1-11(23)18(31)24-12(2)19(32)25-13(3)20(33)27-17(30)10-9-16(29)22(27,4)21(34)26-14-5-7-15(8-6-14)28(35)36/h5-8,11-13H,9-10,23H2,1-4H3,(H,24,31)(H,25,32)(H,26,34)/t11-,12-,13-,22+/m0/s1. The van der Waals surface area contributed by atoms with Crippen LogP contribution in [0.3, 0.4) is 0 Å². The van der Waals surface area contributed by atoms with Gasteiger partial charge in [-0.2, -0.15) is 0 Å². The number of benzene rings is 1. The van der Waals surface area contributed by atoms with Crippen molar-refractivity contribution in [2.45, 2.75) is 64.2 Å². The van der Waals surface area contributed by atoms with E-state index in [9.17, 15) is 38.9 Å². The molecule has 4 atom stereocenters. The summed E-state index contributed by atoms with van der Waals surface area (Å²) in [6.45, 7) is 5.17. The molecule has 5 amide bonds. The van der Waals surface area contributed by atoms with Crippen LogP contribution in [0.15, 0.2) is 24.3 Å². The summed E-state index contributed by atoms with van der Waals surface area (Å²) < 4.78 is 0. The normalized spacial score (nSPS) is 20.1. The predicted molar refractivity (Wildman–Crippen MR) is 125 cm³/mol. The van der Waals surface area contributed by atoms with E-state index in [1.54, 1.807) is 0 Å². The minimum atomic E-state index is -2.23. The van der Waals surface area contributed by atoms with E-state index in [-0.39, 0.29) is 24.2 Å². The van der Waals surface area contributed by atoms with Crippen LogP contribution in [0.2, 0.25) is 0 Å². The lowest BCUT2D eigenvalue weighted by Gasteiger charge is -2.41. The number of non-ortho nitro benzene ring substituents is 1. The maximum Gasteiger partial charge on any atom is 0.269 e. The molecule has 14 heteroatoms. The Bertz CT molecular complexity index is 1100. The molecule has 0 aliphatic carbocycles. The molecule has 1 fully saturated rings. The smallest absolute Gasteiger partial charge is 0.269 e. The second-order valence-electron chi connectivity index (χ2n) is 8.57. The number of hydrogen-bond acceptors (Lipinski definition) is 9. The fourth-order valence-corrected chi connectivity index (χ4v) is 3.44. The van der Waals surface area contributed by atoms with E-state index in [4.69, 9.17) is 5.73 Å². The Balaban J connectivity index is 2.24. The van der Waals surface area contributed by atoms with E-state index < -0.39 is 63.9 Å². The lowest BCUT2D eigenvalue weighted by atomic mass is 9.85. The highest BCUT2D eigenvalue weighted by Crippen LogP contribution is 2.29. The molecule has 1 heterocycles. The second kappa shape index (κ2) is 11.0. The monoisotopic (exact) mass is 504 g/mol. The summed E-state index contributed by atoms with van der Waals surface area (Å²) >= 11 is 0. The Kier molecular flexibility index (Phi) is 8.59. The maximum atomic E-state index is 13.2. The molecule has 1 aliphatic heterocycles. The number of likely N-dealkylation sites (tertiary alicyclic amines) is 1. The zero-order valence-corrected chi connectivity index (χ0v) is 20.2. The SMILES string of the molecule is C[C@H](N)C(=O)N[C@@H](C)C(=O)N[C@@H](C)C(=O)N1C(=O)CCC(=O)[C@]1(C)C(=O)Nc1ccc([N+](=O)[O-])cc1. The van der Waals surface area contributed by atoms with E-state index in [2.05, 4.69) is 16.0 Å². The largest absolute Gasteiger partial charge is 0.343 e. The van der Waals surface area contributed by atoms with Gasteiger partial charge in [-0.15, -0.1) is 0 Å². The molecule has 0 spiro atoms.